The second-order valence-corrected chi connectivity index (χ2v) is 3.93. The molecule has 0 spiro atoms. The summed E-state index contributed by atoms with van der Waals surface area (Å²) in [5.74, 6) is -0.812. The third kappa shape index (κ3) is 2.39. The van der Waals surface area contributed by atoms with Gasteiger partial charge in [0.25, 0.3) is 0 Å². The standard InChI is InChI=1S/C12H9N5O3/c18-12(19)10-7-20-11(16-10)5-8-1-2-9(6-13-8)17-14-3-4-15-17/h1-4,6-7H,5H2,(H,18,19). The van der Waals surface area contributed by atoms with Crippen molar-refractivity contribution in [2.75, 3.05) is 0 Å². The van der Waals surface area contributed by atoms with Crippen LogP contribution in [0, 0.1) is 0 Å². The van der Waals surface area contributed by atoms with Crippen molar-refractivity contribution >= 4 is 5.97 Å². The highest BCUT2D eigenvalue weighted by molar-refractivity contribution is 5.84. The zero-order valence-corrected chi connectivity index (χ0v) is 10.2. The normalized spacial score (nSPS) is 10.6. The molecule has 3 rings (SSSR count). The van der Waals surface area contributed by atoms with Gasteiger partial charge in [0.15, 0.2) is 5.69 Å². The smallest absolute Gasteiger partial charge is 0.357 e. The van der Waals surface area contributed by atoms with Crippen LogP contribution in [0.3, 0.4) is 0 Å². The van der Waals surface area contributed by atoms with E-state index in [1.165, 1.54) is 4.80 Å². The van der Waals surface area contributed by atoms with Crippen molar-refractivity contribution in [1.82, 2.24) is 25.0 Å². The van der Waals surface area contributed by atoms with Gasteiger partial charge in [0.2, 0.25) is 5.89 Å². The summed E-state index contributed by atoms with van der Waals surface area (Å²) < 4.78 is 5.07. The number of oxazole rings is 1. The summed E-state index contributed by atoms with van der Waals surface area (Å²) >= 11 is 0. The molecular formula is C12H9N5O3. The van der Waals surface area contributed by atoms with E-state index < -0.39 is 5.97 Å². The quantitative estimate of drug-likeness (QED) is 0.752. The van der Waals surface area contributed by atoms with Gasteiger partial charge in [-0.2, -0.15) is 15.0 Å². The summed E-state index contributed by atoms with van der Waals surface area (Å²) in [6.07, 6.45) is 6.21. The van der Waals surface area contributed by atoms with E-state index in [2.05, 4.69) is 20.2 Å². The van der Waals surface area contributed by atoms with Gasteiger partial charge < -0.3 is 9.52 Å². The van der Waals surface area contributed by atoms with Crippen LogP contribution in [0.5, 0.6) is 0 Å². The highest BCUT2D eigenvalue weighted by Gasteiger charge is 2.11. The minimum absolute atomic E-state index is 0.114. The predicted molar refractivity (Wildman–Crippen MR) is 65.4 cm³/mol. The third-order valence-electron chi connectivity index (χ3n) is 2.56. The predicted octanol–water partition coefficient (Wildman–Crippen LogP) is 0.939. The molecular weight excluding hydrogens is 262 g/mol. The lowest BCUT2D eigenvalue weighted by molar-refractivity contribution is 0.0690. The summed E-state index contributed by atoms with van der Waals surface area (Å²) in [5, 5.41) is 16.7. The first-order valence-electron chi connectivity index (χ1n) is 5.72. The Bertz CT molecular complexity index is 718. The number of nitrogens with zero attached hydrogens (tertiary/aromatic N) is 5. The third-order valence-corrected chi connectivity index (χ3v) is 2.56. The molecule has 0 saturated carbocycles. The number of carboxylic acid groups (broad SMARTS) is 1. The van der Waals surface area contributed by atoms with Crippen LogP contribution in [0.1, 0.15) is 22.1 Å². The second kappa shape index (κ2) is 4.92. The molecule has 8 heteroatoms. The lowest BCUT2D eigenvalue weighted by Gasteiger charge is -2.00. The number of carboxylic acids is 1. The lowest BCUT2D eigenvalue weighted by atomic mass is 10.2. The van der Waals surface area contributed by atoms with Crippen LogP contribution in [0.4, 0.5) is 0 Å². The highest BCUT2D eigenvalue weighted by Crippen LogP contribution is 2.10. The Morgan fingerprint density at radius 1 is 1.30 bits per heavy atom. The van der Waals surface area contributed by atoms with Gasteiger partial charge in [-0.3, -0.25) is 4.98 Å². The Labute approximate surface area is 112 Å². The minimum atomic E-state index is -1.12. The van der Waals surface area contributed by atoms with E-state index >= 15 is 0 Å². The Balaban J connectivity index is 1.76. The van der Waals surface area contributed by atoms with E-state index in [0.717, 1.165) is 12.0 Å². The van der Waals surface area contributed by atoms with Gasteiger partial charge in [0, 0.05) is 5.69 Å². The number of pyridine rings is 1. The fraction of sp³-hybridized carbons (Fsp3) is 0.0833. The average Bonchev–Trinajstić information content (AvgIpc) is 3.10. The Hall–Kier alpha value is -3.03. The van der Waals surface area contributed by atoms with Crippen molar-refractivity contribution in [3.63, 3.8) is 0 Å². The topological polar surface area (TPSA) is 107 Å². The summed E-state index contributed by atoms with van der Waals surface area (Å²) in [6.45, 7) is 0. The minimum Gasteiger partial charge on any atom is -0.476 e. The molecule has 8 nitrogen and oxygen atoms in total. The van der Waals surface area contributed by atoms with Crippen molar-refractivity contribution in [2.45, 2.75) is 6.42 Å². The fourth-order valence-electron chi connectivity index (χ4n) is 1.63. The van der Waals surface area contributed by atoms with Crippen molar-refractivity contribution in [3.8, 4) is 5.69 Å². The molecule has 0 atom stereocenters. The average molecular weight is 271 g/mol. The van der Waals surface area contributed by atoms with Crippen LogP contribution in [-0.2, 0) is 6.42 Å². The van der Waals surface area contributed by atoms with Gasteiger partial charge in [-0.05, 0) is 12.1 Å². The number of hydrogen-bond donors (Lipinski definition) is 1. The number of carbonyl (C=O) groups is 1. The molecule has 0 amide bonds. The first-order valence-corrected chi connectivity index (χ1v) is 5.72. The van der Waals surface area contributed by atoms with Gasteiger partial charge in [-0.1, -0.05) is 0 Å². The first-order chi connectivity index (χ1) is 9.72. The maximum Gasteiger partial charge on any atom is 0.357 e. The molecule has 0 aliphatic rings. The van der Waals surface area contributed by atoms with E-state index in [4.69, 9.17) is 9.52 Å². The van der Waals surface area contributed by atoms with Crippen LogP contribution in [-0.4, -0.2) is 36.0 Å². The van der Waals surface area contributed by atoms with Gasteiger partial charge in [-0.25, -0.2) is 9.78 Å². The Kier molecular flexibility index (Phi) is 2.96. The Morgan fingerprint density at radius 3 is 2.70 bits per heavy atom. The largest absolute Gasteiger partial charge is 0.476 e. The van der Waals surface area contributed by atoms with Gasteiger partial charge in [-0.15, -0.1) is 0 Å². The molecule has 3 aromatic rings. The molecule has 1 N–H and O–H groups in total. The molecule has 0 aromatic carbocycles. The SMILES string of the molecule is O=C(O)c1coc(Cc2ccc(-n3nccn3)cn2)n1. The van der Waals surface area contributed by atoms with Crippen molar-refractivity contribution in [1.29, 1.82) is 0 Å². The summed E-state index contributed by atoms with van der Waals surface area (Å²) in [5.41, 5.74) is 1.33. The highest BCUT2D eigenvalue weighted by atomic mass is 16.4. The van der Waals surface area contributed by atoms with E-state index in [1.807, 2.05) is 6.07 Å². The van der Waals surface area contributed by atoms with Crippen molar-refractivity contribution in [2.24, 2.45) is 0 Å². The van der Waals surface area contributed by atoms with Crippen LogP contribution in [0.15, 0.2) is 41.4 Å². The first kappa shape index (κ1) is 12.0. The molecule has 3 aromatic heterocycles. The molecule has 0 unspecified atom stereocenters. The fourth-order valence-corrected chi connectivity index (χ4v) is 1.63. The summed E-state index contributed by atoms with van der Waals surface area (Å²) in [7, 11) is 0. The van der Waals surface area contributed by atoms with E-state index in [0.29, 0.717) is 18.0 Å². The van der Waals surface area contributed by atoms with Crippen LogP contribution < -0.4 is 0 Å². The van der Waals surface area contributed by atoms with Crippen LogP contribution in [0.2, 0.25) is 0 Å². The molecule has 0 aliphatic carbocycles. The monoisotopic (exact) mass is 271 g/mol. The summed E-state index contributed by atoms with van der Waals surface area (Å²) in [4.78, 5) is 20.2. The van der Waals surface area contributed by atoms with E-state index in [-0.39, 0.29) is 5.69 Å². The molecule has 0 bridgehead atoms. The lowest BCUT2D eigenvalue weighted by Crippen LogP contribution is -2.01. The summed E-state index contributed by atoms with van der Waals surface area (Å²) in [6, 6.07) is 3.59. The molecule has 3 heterocycles. The number of hydrogen-bond acceptors (Lipinski definition) is 6. The van der Waals surface area contributed by atoms with E-state index in [9.17, 15) is 4.79 Å². The molecule has 0 radical (unpaired) electrons. The Morgan fingerprint density at radius 2 is 2.10 bits per heavy atom. The van der Waals surface area contributed by atoms with Gasteiger partial charge >= 0.3 is 5.97 Å². The number of aromatic carboxylic acids is 1. The van der Waals surface area contributed by atoms with Gasteiger partial charge in [0.05, 0.1) is 25.0 Å². The molecule has 0 saturated heterocycles. The number of rotatable bonds is 4. The van der Waals surface area contributed by atoms with Crippen LogP contribution in [0.25, 0.3) is 5.69 Å². The van der Waals surface area contributed by atoms with Crippen molar-refractivity contribution in [3.05, 3.63) is 54.3 Å². The molecule has 20 heavy (non-hydrogen) atoms. The second-order valence-electron chi connectivity index (χ2n) is 3.93. The van der Waals surface area contributed by atoms with Gasteiger partial charge in [0.1, 0.15) is 12.0 Å². The molecule has 0 aliphatic heterocycles. The zero-order valence-electron chi connectivity index (χ0n) is 10.2. The van der Waals surface area contributed by atoms with Crippen molar-refractivity contribution < 1.29 is 14.3 Å². The molecule has 0 fully saturated rings. The molecule has 100 valence electrons. The zero-order chi connectivity index (χ0) is 13.9. The maximum absolute atomic E-state index is 10.7. The maximum atomic E-state index is 10.7. The number of aromatic nitrogens is 5. The van der Waals surface area contributed by atoms with Crippen LogP contribution >= 0.6 is 0 Å². The van der Waals surface area contributed by atoms with E-state index in [1.54, 1.807) is 24.7 Å².